The number of hydrogen-bond acceptors (Lipinski definition) is 2. The van der Waals surface area contributed by atoms with E-state index in [2.05, 4.69) is 35.2 Å². The Morgan fingerprint density at radius 1 is 1.35 bits per heavy atom. The van der Waals surface area contributed by atoms with Gasteiger partial charge < -0.3 is 0 Å². The molecule has 0 saturated heterocycles. The van der Waals surface area contributed by atoms with Gasteiger partial charge in [-0.3, -0.25) is 11.3 Å². The molecule has 0 aliphatic rings. The molecule has 0 aliphatic heterocycles. The maximum Gasteiger partial charge on any atom is 0.137 e. The molecule has 0 aromatic heterocycles. The Morgan fingerprint density at radius 3 is 2.53 bits per heavy atom. The van der Waals surface area contributed by atoms with Gasteiger partial charge in [-0.2, -0.15) is 0 Å². The lowest BCUT2D eigenvalue weighted by Crippen LogP contribution is -2.42. The minimum absolute atomic E-state index is 0.183. The van der Waals surface area contributed by atoms with Gasteiger partial charge in [-0.1, -0.05) is 38.8 Å². The molecule has 3 N–H and O–H groups in total. The minimum Gasteiger partial charge on any atom is -0.271 e. The number of halogens is 2. The van der Waals surface area contributed by atoms with E-state index in [-0.39, 0.29) is 11.9 Å². The molecule has 0 amide bonds. The monoisotopic (exact) mass is 302 g/mol. The molecule has 0 heterocycles. The van der Waals surface area contributed by atoms with Crippen molar-refractivity contribution in [3.8, 4) is 0 Å². The van der Waals surface area contributed by atoms with Gasteiger partial charge in [0.25, 0.3) is 0 Å². The fourth-order valence-electron chi connectivity index (χ4n) is 2.16. The average Bonchev–Trinajstić information content (AvgIpc) is 2.34. The molecule has 1 aromatic carbocycles. The molecule has 17 heavy (non-hydrogen) atoms. The summed E-state index contributed by atoms with van der Waals surface area (Å²) in [4.78, 5) is 0. The van der Waals surface area contributed by atoms with E-state index < -0.39 is 0 Å². The van der Waals surface area contributed by atoms with Crippen molar-refractivity contribution < 1.29 is 4.39 Å². The number of rotatable bonds is 6. The second kappa shape index (κ2) is 7.09. The van der Waals surface area contributed by atoms with Gasteiger partial charge in [-0.15, -0.1) is 0 Å². The van der Waals surface area contributed by atoms with Crippen LogP contribution in [0.15, 0.2) is 22.7 Å². The van der Waals surface area contributed by atoms with Gasteiger partial charge in [0.15, 0.2) is 0 Å². The van der Waals surface area contributed by atoms with Crippen LogP contribution >= 0.6 is 15.9 Å². The topological polar surface area (TPSA) is 38.0 Å². The van der Waals surface area contributed by atoms with Crippen LogP contribution in [0.25, 0.3) is 0 Å². The second-order valence-corrected chi connectivity index (χ2v) is 5.06. The Kier molecular flexibility index (Phi) is 6.09. The first kappa shape index (κ1) is 14.6. The van der Waals surface area contributed by atoms with E-state index in [0.29, 0.717) is 10.4 Å². The van der Waals surface area contributed by atoms with E-state index in [1.807, 2.05) is 6.07 Å². The zero-order valence-electron chi connectivity index (χ0n) is 10.3. The number of benzene rings is 1. The summed E-state index contributed by atoms with van der Waals surface area (Å²) in [5.41, 5.74) is 3.81. The van der Waals surface area contributed by atoms with E-state index in [1.165, 1.54) is 6.07 Å². The molecular formula is C13H20BrFN2. The summed E-state index contributed by atoms with van der Waals surface area (Å²) in [6, 6.07) is 5.30. The molecule has 1 atom stereocenters. The highest BCUT2D eigenvalue weighted by Gasteiger charge is 2.19. The summed E-state index contributed by atoms with van der Waals surface area (Å²) in [7, 11) is 0. The molecule has 0 bridgehead atoms. The van der Waals surface area contributed by atoms with Crippen molar-refractivity contribution in [2.45, 2.75) is 39.2 Å². The fourth-order valence-corrected chi connectivity index (χ4v) is 2.59. The number of hydrazine groups is 1. The van der Waals surface area contributed by atoms with Crippen molar-refractivity contribution >= 4 is 15.9 Å². The van der Waals surface area contributed by atoms with Crippen LogP contribution < -0.4 is 11.3 Å². The van der Waals surface area contributed by atoms with Crippen LogP contribution in [0.5, 0.6) is 0 Å². The van der Waals surface area contributed by atoms with Gasteiger partial charge in [0, 0.05) is 6.04 Å². The zero-order chi connectivity index (χ0) is 12.8. The van der Waals surface area contributed by atoms with Crippen molar-refractivity contribution in [1.29, 1.82) is 0 Å². The Balaban J connectivity index is 2.83. The fraction of sp³-hybridized carbons (Fsp3) is 0.538. The lowest BCUT2D eigenvalue weighted by molar-refractivity contribution is 0.335. The smallest absolute Gasteiger partial charge is 0.137 e. The molecule has 1 unspecified atom stereocenters. The SMILES string of the molecule is CCC(CC)C(Cc1cccc(F)c1Br)NN. The lowest BCUT2D eigenvalue weighted by Gasteiger charge is -2.25. The highest BCUT2D eigenvalue weighted by molar-refractivity contribution is 9.10. The highest BCUT2D eigenvalue weighted by Crippen LogP contribution is 2.24. The van der Waals surface area contributed by atoms with Crippen LogP contribution in [0.1, 0.15) is 32.3 Å². The summed E-state index contributed by atoms with van der Waals surface area (Å²) in [5, 5.41) is 0. The summed E-state index contributed by atoms with van der Waals surface area (Å²) in [6.45, 7) is 4.30. The lowest BCUT2D eigenvalue weighted by atomic mass is 9.90. The third-order valence-electron chi connectivity index (χ3n) is 3.30. The van der Waals surface area contributed by atoms with E-state index in [0.717, 1.165) is 24.8 Å². The number of hydrogen-bond donors (Lipinski definition) is 2. The summed E-state index contributed by atoms with van der Waals surface area (Å²) in [6.07, 6.45) is 2.87. The first-order valence-electron chi connectivity index (χ1n) is 6.03. The number of nitrogens with two attached hydrogens (primary N) is 1. The molecule has 1 aromatic rings. The van der Waals surface area contributed by atoms with Crippen molar-refractivity contribution in [3.05, 3.63) is 34.1 Å². The van der Waals surface area contributed by atoms with Crippen LogP contribution in [0.2, 0.25) is 0 Å². The Labute approximate surface area is 111 Å². The highest BCUT2D eigenvalue weighted by atomic mass is 79.9. The molecule has 2 nitrogen and oxygen atoms in total. The van der Waals surface area contributed by atoms with Crippen LogP contribution in [0.4, 0.5) is 4.39 Å². The zero-order valence-corrected chi connectivity index (χ0v) is 11.9. The van der Waals surface area contributed by atoms with E-state index >= 15 is 0 Å². The van der Waals surface area contributed by atoms with Crippen molar-refractivity contribution in [1.82, 2.24) is 5.43 Å². The van der Waals surface area contributed by atoms with Gasteiger partial charge in [0.05, 0.1) is 4.47 Å². The first-order valence-corrected chi connectivity index (χ1v) is 6.82. The summed E-state index contributed by atoms with van der Waals surface area (Å²) in [5.74, 6) is 5.89. The average molecular weight is 303 g/mol. The van der Waals surface area contributed by atoms with Crippen LogP contribution in [-0.2, 0) is 6.42 Å². The van der Waals surface area contributed by atoms with Gasteiger partial charge in [0.1, 0.15) is 5.82 Å². The van der Waals surface area contributed by atoms with E-state index in [4.69, 9.17) is 5.84 Å². The van der Waals surface area contributed by atoms with Gasteiger partial charge >= 0.3 is 0 Å². The van der Waals surface area contributed by atoms with E-state index in [1.54, 1.807) is 6.07 Å². The summed E-state index contributed by atoms with van der Waals surface area (Å²) < 4.78 is 13.9. The Morgan fingerprint density at radius 2 is 2.00 bits per heavy atom. The maximum absolute atomic E-state index is 13.4. The molecule has 0 fully saturated rings. The van der Waals surface area contributed by atoms with Crippen LogP contribution in [0, 0.1) is 11.7 Å². The third kappa shape index (κ3) is 3.76. The van der Waals surface area contributed by atoms with Crippen molar-refractivity contribution in [2.24, 2.45) is 11.8 Å². The van der Waals surface area contributed by atoms with Gasteiger partial charge in [-0.05, 0) is 39.9 Å². The van der Waals surface area contributed by atoms with Gasteiger partial charge in [-0.25, -0.2) is 4.39 Å². The second-order valence-electron chi connectivity index (χ2n) is 4.27. The third-order valence-corrected chi connectivity index (χ3v) is 4.19. The van der Waals surface area contributed by atoms with Gasteiger partial charge in [0.2, 0.25) is 0 Å². The molecule has 0 radical (unpaired) electrons. The number of nitrogens with one attached hydrogen (secondary N) is 1. The molecule has 0 saturated carbocycles. The molecule has 0 spiro atoms. The van der Waals surface area contributed by atoms with E-state index in [9.17, 15) is 4.39 Å². The van der Waals surface area contributed by atoms with Crippen molar-refractivity contribution in [2.75, 3.05) is 0 Å². The molecule has 0 aliphatic carbocycles. The van der Waals surface area contributed by atoms with Crippen molar-refractivity contribution in [3.63, 3.8) is 0 Å². The Hall–Kier alpha value is -0.450. The normalized spacial score (nSPS) is 13.1. The quantitative estimate of drug-likeness (QED) is 0.624. The first-order chi connectivity index (χ1) is 8.13. The molecule has 4 heteroatoms. The Bertz CT molecular complexity index is 353. The largest absolute Gasteiger partial charge is 0.271 e. The van der Waals surface area contributed by atoms with Crippen LogP contribution in [-0.4, -0.2) is 6.04 Å². The predicted octanol–water partition coefficient (Wildman–Crippen LogP) is 3.40. The molecular weight excluding hydrogens is 283 g/mol. The summed E-state index contributed by atoms with van der Waals surface area (Å²) >= 11 is 3.29. The predicted molar refractivity (Wildman–Crippen MR) is 73.0 cm³/mol. The molecule has 1 rings (SSSR count). The van der Waals surface area contributed by atoms with Crippen LogP contribution in [0.3, 0.4) is 0 Å². The standard InChI is InChI=1S/C13H20BrFN2/c1-3-9(4-2)12(17-16)8-10-6-5-7-11(15)13(10)14/h5-7,9,12,17H,3-4,8,16H2,1-2H3. The minimum atomic E-state index is -0.220. The molecule has 96 valence electrons. The maximum atomic E-state index is 13.4.